The molecule has 0 saturated heterocycles. The number of carboxylic acid groups (broad SMARTS) is 1. The highest BCUT2D eigenvalue weighted by atomic mass is 19.1. The molecule has 1 rings (SSSR count). The Balaban J connectivity index is 2.68. The van der Waals surface area contributed by atoms with Crippen molar-refractivity contribution in [1.29, 1.82) is 0 Å². The first-order valence-electron chi connectivity index (χ1n) is 7.29. The number of halogens is 1. The number of hydrogen-bond donors (Lipinski definition) is 2. The molecule has 3 atom stereocenters. The highest BCUT2D eigenvalue weighted by Gasteiger charge is 2.23. The molecule has 0 aromatic heterocycles. The Morgan fingerprint density at radius 2 is 1.87 bits per heavy atom. The summed E-state index contributed by atoms with van der Waals surface area (Å²) < 4.78 is 18.4. The van der Waals surface area contributed by atoms with E-state index in [0.29, 0.717) is 0 Å². The largest absolute Gasteiger partial charge is 0.481 e. The fraction of sp³-hybridized carbons (Fsp3) is 0.500. The van der Waals surface area contributed by atoms with Gasteiger partial charge in [-0.05, 0) is 24.6 Å². The van der Waals surface area contributed by atoms with Gasteiger partial charge in [0.05, 0.1) is 12.0 Å². The summed E-state index contributed by atoms with van der Waals surface area (Å²) in [6.07, 6.45) is -0.440. The summed E-state index contributed by atoms with van der Waals surface area (Å²) in [4.78, 5) is 24.3. The second-order valence-corrected chi connectivity index (χ2v) is 5.57. The Morgan fingerprint density at radius 1 is 1.30 bits per heavy atom. The number of rotatable bonds is 7. The maximum Gasteiger partial charge on any atom is 0.317 e. The number of hydrogen-bond acceptors (Lipinski definition) is 3. The van der Waals surface area contributed by atoms with E-state index in [9.17, 15) is 14.0 Å². The number of carboxylic acids is 1. The van der Waals surface area contributed by atoms with Crippen molar-refractivity contribution in [3.05, 3.63) is 35.6 Å². The van der Waals surface area contributed by atoms with Crippen molar-refractivity contribution in [1.82, 2.24) is 10.2 Å². The molecule has 2 amide bonds. The number of amides is 2. The number of benzene rings is 1. The number of ether oxygens (including phenoxy) is 1. The smallest absolute Gasteiger partial charge is 0.317 e. The third-order valence-corrected chi connectivity index (χ3v) is 3.57. The first kappa shape index (κ1) is 18.9. The van der Waals surface area contributed by atoms with Crippen molar-refractivity contribution in [2.24, 2.45) is 5.92 Å². The number of aliphatic carboxylic acids is 1. The van der Waals surface area contributed by atoms with Gasteiger partial charge in [-0.1, -0.05) is 19.1 Å². The van der Waals surface area contributed by atoms with Crippen LogP contribution in [0.15, 0.2) is 24.3 Å². The molecule has 0 heterocycles. The van der Waals surface area contributed by atoms with Crippen LogP contribution < -0.4 is 5.32 Å². The van der Waals surface area contributed by atoms with Gasteiger partial charge in [0.25, 0.3) is 0 Å². The minimum Gasteiger partial charge on any atom is -0.481 e. The predicted octanol–water partition coefficient (Wildman–Crippen LogP) is 2.26. The Kier molecular flexibility index (Phi) is 6.96. The molecule has 0 saturated carbocycles. The summed E-state index contributed by atoms with van der Waals surface area (Å²) in [7, 11) is 3.04. The van der Waals surface area contributed by atoms with Gasteiger partial charge in [0.2, 0.25) is 0 Å². The Labute approximate surface area is 135 Å². The summed E-state index contributed by atoms with van der Waals surface area (Å²) in [6, 6.07) is 5.09. The SMILES string of the molecule is COC(c1ccc(F)cc1)C(C)NC(=O)N(C)CC(C)C(=O)O. The average Bonchev–Trinajstić information content (AvgIpc) is 2.49. The van der Waals surface area contributed by atoms with Crippen LogP contribution in [-0.4, -0.2) is 48.8 Å². The average molecular weight is 326 g/mol. The fourth-order valence-corrected chi connectivity index (χ4v) is 2.23. The van der Waals surface area contributed by atoms with Gasteiger partial charge < -0.3 is 20.1 Å². The van der Waals surface area contributed by atoms with E-state index in [-0.39, 0.29) is 18.4 Å². The quantitative estimate of drug-likeness (QED) is 0.805. The molecule has 23 heavy (non-hydrogen) atoms. The first-order chi connectivity index (χ1) is 10.8. The monoisotopic (exact) mass is 326 g/mol. The summed E-state index contributed by atoms with van der Waals surface area (Å²) >= 11 is 0. The lowest BCUT2D eigenvalue weighted by Gasteiger charge is -2.27. The number of carbonyl (C=O) groups is 2. The lowest BCUT2D eigenvalue weighted by Crippen LogP contribution is -2.46. The highest BCUT2D eigenvalue weighted by Crippen LogP contribution is 2.21. The van der Waals surface area contributed by atoms with Crippen LogP contribution in [0.5, 0.6) is 0 Å². The van der Waals surface area contributed by atoms with E-state index in [2.05, 4.69) is 5.32 Å². The van der Waals surface area contributed by atoms with Crippen LogP contribution in [0, 0.1) is 11.7 Å². The standard InChI is InChI=1S/C16H23FN2O4/c1-10(15(20)21)9-19(3)16(22)18-11(2)14(23-4)12-5-7-13(17)8-6-12/h5-8,10-11,14H,9H2,1-4H3,(H,18,22)(H,20,21). The summed E-state index contributed by atoms with van der Waals surface area (Å²) in [5, 5.41) is 11.6. The lowest BCUT2D eigenvalue weighted by molar-refractivity contribution is -0.141. The summed E-state index contributed by atoms with van der Waals surface area (Å²) in [5.41, 5.74) is 0.739. The van der Waals surface area contributed by atoms with E-state index >= 15 is 0 Å². The van der Waals surface area contributed by atoms with Crippen molar-refractivity contribution in [2.75, 3.05) is 20.7 Å². The molecule has 0 bridgehead atoms. The van der Waals surface area contributed by atoms with Crippen LogP contribution in [0.4, 0.5) is 9.18 Å². The molecule has 0 aliphatic rings. The maximum atomic E-state index is 13.0. The van der Waals surface area contributed by atoms with Crippen molar-refractivity contribution >= 4 is 12.0 Å². The Bertz CT molecular complexity index is 535. The number of nitrogens with zero attached hydrogens (tertiary/aromatic N) is 1. The zero-order valence-corrected chi connectivity index (χ0v) is 13.7. The number of urea groups is 1. The normalized spacial score (nSPS) is 14.7. The molecular weight excluding hydrogens is 303 g/mol. The van der Waals surface area contributed by atoms with Crippen LogP contribution in [0.1, 0.15) is 25.5 Å². The van der Waals surface area contributed by atoms with Crippen LogP contribution in [0.25, 0.3) is 0 Å². The molecule has 7 heteroatoms. The van der Waals surface area contributed by atoms with E-state index in [1.807, 2.05) is 0 Å². The van der Waals surface area contributed by atoms with Gasteiger partial charge in [-0.2, -0.15) is 0 Å². The molecule has 1 aromatic carbocycles. The van der Waals surface area contributed by atoms with Gasteiger partial charge >= 0.3 is 12.0 Å². The molecule has 0 aliphatic heterocycles. The second kappa shape index (κ2) is 8.47. The summed E-state index contributed by atoms with van der Waals surface area (Å²) in [5.74, 6) is -1.96. The minimum atomic E-state index is -0.959. The van der Waals surface area contributed by atoms with E-state index < -0.39 is 24.0 Å². The summed E-state index contributed by atoms with van der Waals surface area (Å²) in [6.45, 7) is 3.40. The molecule has 2 N–H and O–H groups in total. The molecule has 0 radical (unpaired) electrons. The van der Waals surface area contributed by atoms with Crippen molar-refractivity contribution < 1.29 is 23.8 Å². The molecular formula is C16H23FN2O4. The molecule has 0 aliphatic carbocycles. The van der Waals surface area contributed by atoms with Gasteiger partial charge in [0, 0.05) is 20.7 Å². The van der Waals surface area contributed by atoms with Crippen molar-refractivity contribution in [3.63, 3.8) is 0 Å². The topological polar surface area (TPSA) is 78.9 Å². The molecule has 0 spiro atoms. The van der Waals surface area contributed by atoms with Gasteiger partial charge in [0.1, 0.15) is 11.9 Å². The Hall–Kier alpha value is -2.15. The maximum absolute atomic E-state index is 13.0. The van der Waals surface area contributed by atoms with E-state index in [1.165, 1.54) is 38.1 Å². The molecule has 1 aromatic rings. The molecule has 3 unspecified atom stereocenters. The minimum absolute atomic E-state index is 0.0993. The van der Waals surface area contributed by atoms with Gasteiger partial charge in [-0.25, -0.2) is 9.18 Å². The third-order valence-electron chi connectivity index (χ3n) is 3.57. The van der Waals surface area contributed by atoms with Gasteiger partial charge in [-0.15, -0.1) is 0 Å². The Morgan fingerprint density at radius 3 is 2.35 bits per heavy atom. The van der Waals surface area contributed by atoms with Crippen LogP contribution >= 0.6 is 0 Å². The first-order valence-corrected chi connectivity index (χ1v) is 7.29. The molecule has 128 valence electrons. The molecule has 0 fully saturated rings. The highest BCUT2D eigenvalue weighted by molar-refractivity contribution is 5.76. The lowest BCUT2D eigenvalue weighted by atomic mass is 10.0. The van der Waals surface area contributed by atoms with Gasteiger partial charge in [0.15, 0.2) is 0 Å². The predicted molar refractivity (Wildman–Crippen MR) is 83.6 cm³/mol. The van der Waals surface area contributed by atoms with E-state index in [1.54, 1.807) is 19.1 Å². The van der Waals surface area contributed by atoms with Crippen molar-refractivity contribution in [3.8, 4) is 0 Å². The zero-order chi connectivity index (χ0) is 17.6. The zero-order valence-electron chi connectivity index (χ0n) is 13.7. The van der Waals surface area contributed by atoms with Crippen LogP contribution in [0.3, 0.4) is 0 Å². The van der Waals surface area contributed by atoms with Gasteiger partial charge in [-0.3, -0.25) is 4.79 Å². The number of carbonyl (C=O) groups excluding carboxylic acids is 1. The van der Waals surface area contributed by atoms with E-state index in [0.717, 1.165) is 5.56 Å². The van der Waals surface area contributed by atoms with E-state index in [4.69, 9.17) is 9.84 Å². The fourth-order valence-electron chi connectivity index (χ4n) is 2.23. The van der Waals surface area contributed by atoms with Crippen molar-refractivity contribution in [2.45, 2.75) is 26.0 Å². The van der Waals surface area contributed by atoms with Crippen LogP contribution in [0.2, 0.25) is 0 Å². The third kappa shape index (κ3) is 5.52. The second-order valence-electron chi connectivity index (χ2n) is 5.57. The molecule has 6 nitrogen and oxygen atoms in total. The number of nitrogens with one attached hydrogen (secondary N) is 1. The number of methoxy groups -OCH3 is 1. The van der Waals surface area contributed by atoms with Crippen LogP contribution in [-0.2, 0) is 9.53 Å².